The van der Waals surface area contributed by atoms with E-state index in [-0.39, 0.29) is 18.1 Å². The first-order valence-electron chi connectivity index (χ1n) is 10.9. The summed E-state index contributed by atoms with van der Waals surface area (Å²) in [5.41, 5.74) is 0.939. The third-order valence-electron chi connectivity index (χ3n) is 6.31. The lowest BCUT2D eigenvalue weighted by atomic mass is 9.76. The van der Waals surface area contributed by atoms with Crippen molar-refractivity contribution in [3.05, 3.63) is 47.5 Å². The quantitative estimate of drug-likeness (QED) is 0.503. The normalized spacial score (nSPS) is 18.0. The summed E-state index contributed by atoms with van der Waals surface area (Å²) in [6.45, 7) is 0.897. The summed E-state index contributed by atoms with van der Waals surface area (Å²) >= 11 is 0. The Kier molecular flexibility index (Phi) is 7.93. The standard InChI is InChI=1S/C24H31NO8S/c1-30-19-8-6-18(7-9-19)24(10-5-13-34(27,28)29)11-12-25(16-24)23(26)17-14-20(31-2)22(33-4)21(15-17)32-3/h6-9,14-15H,5,10-13,16H2,1-4H3,(H,27,28,29). The van der Waals surface area contributed by atoms with Crippen LogP contribution in [0.15, 0.2) is 36.4 Å². The van der Waals surface area contributed by atoms with Gasteiger partial charge in [0.15, 0.2) is 11.5 Å². The summed E-state index contributed by atoms with van der Waals surface area (Å²) in [6.07, 6.45) is 1.43. The number of nitrogens with zero attached hydrogens (tertiary/aromatic N) is 1. The van der Waals surface area contributed by atoms with Crippen LogP contribution < -0.4 is 18.9 Å². The van der Waals surface area contributed by atoms with E-state index in [0.717, 1.165) is 5.56 Å². The number of hydrogen-bond donors (Lipinski definition) is 1. The molecular weight excluding hydrogens is 462 g/mol. The van der Waals surface area contributed by atoms with E-state index in [1.54, 1.807) is 24.1 Å². The van der Waals surface area contributed by atoms with Crippen LogP contribution in [0.3, 0.4) is 0 Å². The van der Waals surface area contributed by atoms with Gasteiger partial charge in [-0.15, -0.1) is 0 Å². The van der Waals surface area contributed by atoms with Gasteiger partial charge in [-0.2, -0.15) is 8.42 Å². The number of likely N-dealkylation sites (tertiary alicyclic amines) is 1. The average Bonchev–Trinajstić information content (AvgIpc) is 3.27. The summed E-state index contributed by atoms with van der Waals surface area (Å²) in [7, 11) is 2.00. The van der Waals surface area contributed by atoms with Gasteiger partial charge in [0.25, 0.3) is 16.0 Å². The molecule has 3 rings (SSSR count). The topological polar surface area (TPSA) is 112 Å². The molecule has 0 bridgehead atoms. The molecule has 0 radical (unpaired) electrons. The molecule has 0 saturated carbocycles. The third kappa shape index (κ3) is 5.56. The Morgan fingerprint density at radius 2 is 1.62 bits per heavy atom. The SMILES string of the molecule is COc1ccc(C2(CCCS(=O)(=O)O)CCN(C(=O)c3cc(OC)c(OC)c(OC)c3)C2)cc1. The highest BCUT2D eigenvalue weighted by molar-refractivity contribution is 7.85. The van der Waals surface area contributed by atoms with Crippen LogP contribution in [0.4, 0.5) is 0 Å². The van der Waals surface area contributed by atoms with Crippen LogP contribution in [0, 0.1) is 0 Å². The molecule has 1 saturated heterocycles. The molecule has 1 aliphatic rings. The van der Waals surface area contributed by atoms with E-state index >= 15 is 0 Å². The molecule has 34 heavy (non-hydrogen) atoms. The molecule has 0 aromatic heterocycles. The van der Waals surface area contributed by atoms with Gasteiger partial charge in [-0.3, -0.25) is 9.35 Å². The number of methoxy groups -OCH3 is 4. The van der Waals surface area contributed by atoms with Crippen molar-refractivity contribution in [1.82, 2.24) is 4.90 Å². The summed E-state index contributed by atoms with van der Waals surface area (Å²) in [4.78, 5) is 15.2. The molecule has 1 aliphatic heterocycles. The van der Waals surface area contributed by atoms with Gasteiger partial charge in [0.2, 0.25) is 5.75 Å². The van der Waals surface area contributed by atoms with Crippen LogP contribution >= 0.6 is 0 Å². The molecule has 10 heteroatoms. The lowest BCUT2D eigenvalue weighted by Gasteiger charge is -2.30. The average molecular weight is 494 g/mol. The Labute approximate surface area is 200 Å². The van der Waals surface area contributed by atoms with Gasteiger partial charge in [-0.25, -0.2) is 0 Å². The zero-order valence-corrected chi connectivity index (χ0v) is 20.7. The second-order valence-electron chi connectivity index (χ2n) is 8.29. The van der Waals surface area contributed by atoms with E-state index in [1.807, 2.05) is 24.3 Å². The van der Waals surface area contributed by atoms with Crippen molar-refractivity contribution in [3.8, 4) is 23.0 Å². The maximum atomic E-state index is 13.5. The molecule has 0 spiro atoms. The van der Waals surface area contributed by atoms with Crippen molar-refractivity contribution < 1.29 is 36.7 Å². The first-order chi connectivity index (χ1) is 16.2. The van der Waals surface area contributed by atoms with E-state index in [2.05, 4.69) is 0 Å². The van der Waals surface area contributed by atoms with Crippen LogP contribution in [0.5, 0.6) is 23.0 Å². The van der Waals surface area contributed by atoms with Crippen molar-refractivity contribution in [3.63, 3.8) is 0 Å². The van der Waals surface area contributed by atoms with Crippen LogP contribution in [-0.4, -0.2) is 71.1 Å². The maximum absolute atomic E-state index is 13.5. The van der Waals surface area contributed by atoms with Crippen LogP contribution in [0.2, 0.25) is 0 Å². The first-order valence-corrected chi connectivity index (χ1v) is 12.5. The summed E-state index contributed by atoms with van der Waals surface area (Å²) in [5.74, 6) is 1.37. The van der Waals surface area contributed by atoms with Crippen molar-refractivity contribution in [2.24, 2.45) is 0 Å². The number of carbonyl (C=O) groups is 1. The third-order valence-corrected chi connectivity index (χ3v) is 7.12. The van der Waals surface area contributed by atoms with E-state index in [0.29, 0.717) is 54.5 Å². The second kappa shape index (κ2) is 10.5. The van der Waals surface area contributed by atoms with E-state index in [1.165, 1.54) is 21.3 Å². The fourth-order valence-corrected chi connectivity index (χ4v) is 5.06. The second-order valence-corrected chi connectivity index (χ2v) is 9.86. The van der Waals surface area contributed by atoms with E-state index in [9.17, 15) is 17.8 Å². The lowest BCUT2D eigenvalue weighted by molar-refractivity contribution is 0.0781. The summed E-state index contributed by atoms with van der Waals surface area (Å²) in [5, 5.41) is 0. The molecule has 1 N–H and O–H groups in total. The largest absolute Gasteiger partial charge is 0.497 e. The van der Waals surface area contributed by atoms with Crippen LogP contribution in [-0.2, 0) is 15.5 Å². The minimum absolute atomic E-state index is 0.190. The van der Waals surface area contributed by atoms with Gasteiger partial charge < -0.3 is 23.8 Å². The van der Waals surface area contributed by atoms with Gasteiger partial charge in [-0.1, -0.05) is 12.1 Å². The number of rotatable bonds is 10. The molecule has 1 unspecified atom stereocenters. The summed E-state index contributed by atoms with van der Waals surface area (Å²) in [6, 6.07) is 10.8. The minimum Gasteiger partial charge on any atom is -0.497 e. The molecule has 9 nitrogen and oxygen atoms in total. The molecule has 186 valence electrons. The molecular formula is C24H31NO8S. The Morgan fingerprint density at radius 3 is 2.12 bits per heavy atom. The highest BCUT2D eigenvalue weighted by Crippen LogP contribution is 2.42. The monoisotopic (exact) mass is 493 g/mol. The molecule has 2 aromatic rings. The van der Waals surface area contributed by atoms with Crippen molar-refractivity contribution in [2.75, 3.05) is 47.3 Å². The fraction of sp³-hybridized carbons (Fsp3) is 0.458. The molecule has 1 heterocycles. The predicted octanol–water partition coefficient (Wildman–Crippen LogP) is 3.17. The predicted molar refractivity (Wildman–Crippen MR) is 127 cm³/mol. The van der Waals surface area contributed by atoms with Gasteiger partial charge >= 0.3 is 0 Å². The van der Waals surface area contributed by atoms with E-state index < -0.39 is 15.5 Å². The van der Waals surface area contributed by atoms with Crippen LogP contribution in [0.25, 0.3) is 0 Å². The molecule has 1 amide bonds. The Balaban J connectivity index is 1.90. The zero-order chi connectivity index (χ0) is 24.9. The molecule has 2 aromatic carbocycles. The molecule has 1 fully saturated rings. The molecule has 0 aliphatic carbocycles. The van der Waals surface area contributed by atoms with Gasteiger partial charge in [0, 0.05) is 24.1 Å². The van der Waals surface area contributed by atoms with Gasteiger partial charge in [0.05, 0.1) is 34.2 Å². The molecule has 1 atom stereocenters. The number of benzene rings is 2. The smallest absolute Gasteiger partial charge is 0.264 e. The Morgan fingerprint density at radius 1 is 1.00 bits per heavy atom. The first kappa shape index (κ1) is 25.6. The number of carbonyl (C=O) groups excluding carboxylic acids is 1. The van der Waals surface area contributed by atoms with Crippen molar-refractivity contribution >= 4 is 16.0 Å². The maximum Gasteiger partial charge on any atom is 0.264 e. The fourth-order valence-electron chi connectivity index (χ4n) is 4.55. The lowest BCUT2D eigenvalue weighted by Crippen LogP contribution is -2.35. The Bertz CT molecular complexity index is 1090. The van der Waals surface area contributed by atoms with E-state index in [4.69, 9.17) is 18.9 Å². The number of hydrogen-bond acceptors (Lipinski definition) is 7. The Hall–Kier alpha value is -2.98. The number of amides is 1. The number of ether oxygens (including phenoxy) is 4. The zero-order valence-electron chi connectivity index (χ0n) is 19.9. The van der Waals surface area contributed by atoms with Gasteiger partial charge in [0.1, 0.15) is 5.75 Å². The minimum atomic E-state index is -4.07. The highest BCUT2D eigenvalue weighted by atomic mass is 32.2. The van der Waals surface area contributed by atoms with Gasteiger partial charge in [-0.05, 0) is 49.1 Å². The highest BCUT2D eigenvalue weighted by Gasteiger charge is 2.41. The van der Waals surface area contributed by atoms with Crippen molar-refractivity contribution in [2.45, 2.75) is 24.7 Å². The van der Waals surface area contributed by atoms with Crippen LogP contribution in [0.1, 0.15) is 35.2 Å². The summed E-state index contributed by atoms with van der Waals surface area (Å²) < 4.78 is 53.2. The van der Waals surface area contributed by atoms with Crippen molar-refractivity contribution in [1.29, 1.82) is 0 Å².